The number of aliphatic imine (C=N–C) groups is 1. The minimum absolute atomic E-state index is 0.123. The summed E-state index contributed by atoms with van der Waals surface area (Å²) in [6, 6.07) is 27.7. The molecule has 0 radical (unpaired) electrons. The van der Waals surface area contributed by atoms with Crippen LogP contribution < -0.4 is 10.2 Å². The average molecular weight is 506 g/mol. The lowest BCUT2D eigenvalue weighted by Crippen LogP contribution is -2.29. The Bertz CT molecular complexity index is 1490. The fourth-order valence-electron chi connectivity index (χ4n) is 5.13. The number of nitrogens with one attached hydrogen (secondary N) is 1. The van der Waals surface area contributed by atoms with Crippen LogP contribution in [0.25, 0.3) is 0 Å². The van der Waals surface area contributed by atoms with Gasteiger partial charge in [0.05, 0.1) is 17.8 Å². The summed E-state index contributed by atoms with van der Waals surface area (Å²) in [6.45, 7) is 0.925. The molecule has 3 aromatic carbocycles. The topological polar surface area (TPSA) is 61.8 Å². The summed E-state index contributed by atoms with van der Waals surface area (Å²) in [6.07, 6.45) is 4.00. The van der Waals surface area contributed by atoms with Crippen LogP contribution in [0, 0.1) is 0 Å². The van der Waals surface area contributed by atoms with Crippen LogP contribution in [0.3, 0.4) is 0 Å². The van der Waals surface area contributed by atoms with Crippen molar-refractivity contribution in [2.45, 2.75) is 38.8 Å². The SMILES string of the molecule is O=C(NCc1ccccc1)c1c(N=C2C(=O)N(Cc3ccccc3)c3ccccc32)sc2c1CCCC2. The van der Waals surface area contributed by atoms with Crippen molar-refractivity contribution >= 4 is 39.6 Å². The van der Waals surface area contributed by atoms with Crippen LogP contribution in [0.1, 0.15) is 50.3 Å². The van der Waals surface area contributed by atoms with Crippen molar-refractivity contribution < 1.29 is 9.59 Å². The van der Waals surface area contributed by atoms with Gasteiger partial charge in [0, 0.05) is 17.0 Å². The van der Waals surface area contributed by atoms with E-state index in [-0.39, 0.29) is 11.8 Å². The lowest BCUT2D eigenvalue weighted by molar-refractivity contribution is -0.112. The number of anilines is 1. The summed E-state index contributed by atoms with van der Waals surface area (Å²) >= 11 is 1.56. The van der Waals surface area contributed by atoms with Gasteiger partial charge in [-0.05, 0) is 48.4 Å². The second-order valence-electron chi connectivity index (χ2n) is 9.41. The molecule has 2 heterocycles. The molecule has 0 spiro atoms. The van der Waals surface area contributed by atoms with Gasteiger partial charge < -0.3 is 10.2 Å². The number of carbonyl (C=O) groups is 2. The maximum absolute atomic E-state index is 13.7. The summed E-state index contributed by atoms with van der Waals surface area (Å²) in [5.74, 6) is -0.255. The summed E-state index contributed by atoms with van der Waals surface area (Å²) in [7, 11) is 0. The Morgan fingerprint density at radius 3 is 2.32 bits per heavy atom. The van der Waals surface area contributed by atoms with Gasteiger partial charge in [0.15, 0.2) is 0 Å². The molecule has 0 atom stereocenters. The number of aryl methyl sites for hydroxylation is 1. The number of hydrogen-bond acceptors (Lipinski definition) is 4. The van der Waals surface area contributed by atoms with Crippen LogP contribution in [0.4, 0.5) is 10.7 Å². The second kappa shape index (κ2) is 10.1. The molecule has 4 aromatic rings. The molecular formula is C31H27N3O2S. The van der Waals surface area contributed by atoms with Gasteiger partial charge in [0.2, 0.25) is 0 Å². The molecule has 0 fully saturated rings. The van der Waals surface area contributed by atoms with E-state index in [9.17, 15) is 9.59 Å². The highest BCUT2D eigenvalue weighted by molar-refractivity contribution is 7.16. The largest absolute Gasteiger partial charge is 0.348 e. The summed E-state index contributed by atoms with van der Waals surface area (Å²) in [5, 5.41) is 3.73. The normalized spacial score (nSPS) is 15.5. The van der Waals surface area contributed by atoms with Crippen LogP contribution in [0.15, 0.2) is 89.9 Å². The highest BCUT2D eigenvalue weighted by Gasteiger charge is 2.35. The summed E-state index contributed by atoms with van der Waals surface area (Å²) < 4.78 is 0. The zero-order valence-corrected chi connectivity index (χ0v) is 21.3. The van der Waals surface area contributed by atoms with Gasteiger partial charge in [-0.25, -0.2) is 4.99 Å². The maximum Gasteiger partial charge on any atom is 0.277 e. The molecule has 6 rings (SSSR count). The molecule has 184 valence electrons. The lowest BCUT2D eigenvalue weighted by Gasteiger charge is -2.16. The van der Waals surface area contributed by atoms with Crippen molar-refractivity contribution in [3.05, 3.63) is 118 Å². The van der Waals surface area contributed by atoms with Gasteiger partial charge in [-0.2, -0.15) is 0 Å². The lowest BCUT2D eigenvalue weighted by atomic mass is 9.95. The van der Waals surface area contributed by atoms with E-state index in [1.165, 1.54) is 4.88 Å². The van der Waals surface area contributed by atoms with Gasteiger partial charge in [0.25, 0.3) is 11.8 Å². The highest BCUT2D eigenvalue weighted by atomic mass is 32.1. The molecule has 37 heavy (non-hydrogen) atoms. The van der Waals surface area contributed by atoms with Gasteiger partial charge in [-0.3, -0.25) is 9.59 Å². The monoisotopic (exact) mass is 505 g/mol. The molecule has 0 saturated heterocycles. The van der Waals surface area contributed by atoms with Gasteiger partial charge in [-0.1, -0.05) is 78.9 Å². The third-order valence-corrected chi connectivity index (χ3v) is 8.16. The number of fused-ring (bicyclic) bond motifs is 2. The van der Waals surface area contributed by atoms with Gasteiger partial charge >= 0.3 is 0 Å². The molecule has 0 unspecified atom stereocenters. The second-order valence-corrected chi connectivity index (χ2v) is 10.5. The molecule has 5 nitrogen and oxygen atoms in total. The molecule has 1 aliphatic heterocycles. The first-order chi connectivity index (χ1) is 18.2. The number of rotatable bonds is 6. The van der Waals surface area contributed by atoms with Crippen molar-refractivity contribution in [2.24, 2.45) is 4.99 Å². The maximum atomic E-state index is 13.7. The van der Waals surface area contributed by atoms with E-state index >= 15 is 0 Å². The third kappa shape index (κ3) is 4.60. The number of thiophene rings is 1. The summed E-state index contributed by atoms with van der Waals surface area (Å²) in [4.78, 5) is 35.2. The Balaban J connectivity index is 1.37. The van der Waals surface area contributed by atoms with Crippen molar-refractivity contribution in [2.75, 3.05) is 4.90 Å². The van der Waals surface area contributed by atoms with Crippen LogP contribution in [-0.2, 0) is 30.7 Å². The molecule has 0 bridgehead atoms. The fraction of sp³-hybridized carbons (Fsp3) is 0.194. The number of hydrogen-bond donors (Lipinski definition) is 1. The molecule has 1 aliphatic carbocycles. The van der Waals surface area contributed by atoms with Gasteiger partial charge in [-0.15, -0.1) is 11.3 Å². The standard InChI is InChI=1S/C31H27N3O2S/c35-29(32-19-21-11-3-1-4-12-21)27-24-16-8-10-18-26(24)37-30(27)33-28-23-15-7-9-17-25(23)34(31(28)36)20-22-13-5-2-6-14-22/h1-7,9,11-15,17H,8,10,16,18-20H2,(H,32,35). The predicted octanol–water partition coefficient (Wildman–Crippen LogP) is 6.22. The van der Waals surface area contributed by atoms with Crippen molar-refractivity contribution in [1.82, 2.24) is 5.32 Å². The quantitative estimate of drug-likeness (QED) is 0.338. The fourth-order valence-corrected chi connectivity index (χ4v) is 6.39. The first-order valence-corrected chi connectivity index (χ1v) is 13.5. The van der Waals surface area contributed by atoms with E-state index in [1.54, 1.807) is 16.2 Å². The highest BCUT2D eigenvalue weighted by Crippen LogP contribution is 2.41. The number of carbonyl (C=O) groups excluding carboxylic acids is 2. The molecule has 2 amide bonds. The van der Waals surface area contributed by atoms with Crippen LogP contribution in [0.5, 0.6) is 0 Å². The first-order valence-electron chi connectivity index (χ1n) is 12.7. The number of benzene rings is 3. The Kier molecular flexibility index (Phi) is 6.41. The Morgan fingerprint density at radius 2 is 1.54 bits per heavy atom. The zero-order chi connectivity index (χ0) is 25.2. The Morgan fingerprint density at radius 1 is 0.865 bits per heavy atom. The predicted molar refractivity (Wildman–Crippen MR) is 149 cm³/mol. The third-order valence-electron chi connectivity index (χ3n) is 6.97. The number of nitrogens with zero attached hydrogens (tertiary/aromatic N) is 2. The van der Waals surface area contributed by atoms with Crippen molar-refractivity contribution in [3.63, 3.8) is 0 Å². The molecule has 1 N–H and O–H groups in total. The Hall–Kier alpha value is -4.03. The first kappa shape index (κ1) is 23.4. The molecule has 2 aliphatic rings. The Labute approximate surface area is 220 Å². The smallest absolute Gasteiger partial charge is 0.277 e. The van der Waals surface area contributed by atoms with Crippen molar-refractivity contribution in [1.29, 1.82) is 0 Å². The van der Waals surface area contributed by atoms with E-state index in [1.807, 2.05) is 84.9 Å². The van der Waals surface area contributed by atoms with Crippen LogP contribution in [0.2, 0.25) is 0 Å². The zero-order valence-electron chi connectivity index (χ0n) is 20.4. The van der Waals surface area contributed by atoms with E-state index in [2.05, 4.69) is 5.32 Å². The van der Waals surface area contributed by atoms with Crippen LogP contribution >= 0.6 is 11.3 Å². The van der Waals surface area contributed by atoms with E-state index in [0.29, 0.717) is 29.4 Å². The van der Waals surface area contributed by atoms with E-state index < -0.39 is 0 Å². The van der Waals surface area contributed by atoms with Crippen LogP contribution in [-0.4, -0.2) is 17.5 Å². The molecule has 1 aromatic heterocycles. The minimum atomic E-state index is -0.132. The summed E-state index contributed by atoms with van der Waals surface area (Å²) in [5.41, 5.74) is 5.90. The number of amides is 2. The van der Waals surface area contributed by atoms with Crippen molar-refractivity contribution in [3.8, 4) is 0 Å². The average Bonchev–Trinajstić information content (AvgIpc) is 3.44. The molecular weight excluding hydrogens is 478 g/mol. The minimum Gasteiger partial charge on any atom is -0.348 e. The molecule has 6 heteroatoms. The van der Waals surface area contributed by atoms with Gasteiger partial charge in [0.1, 0.15) is 10.7 Å². The molecule has 0 saturated carbocycles. The van der Waals surface area contributed by atoms with E-state index in [4.69, 9.17) is 4.99 Å². The number of para-hydroxylation sites is 1. The van der Waals surface area contributed by atoms with E-state index in [0.717, 1.165) is 53.6 Å².